The highest BCUT2D eigenvalue weighted by Crippen LogP contribution is 2.45. The molecule has 0 N–H and O–H groups in total. The van der Waals surface area contributed by atoms with Crippen molar-refractivity contribution >= 4 is 72.0 Å². The number of furan rings is 2. The summed E-state index contributed by atoms with van der Waals surface area (Å²) in [5, 5.41) is -2.77. The van der Waals surface area contributed by atoms with Gasteiger partial charge in [-0.05, 0) is 71.1 Å². The molecule has 0 atom stereocenters. The summed E-state index contributed by atoms with van der Waals surface area (Å²) in [6.07, 6.45) is 0. The Bertz CT molecular complexity index is 4930. The lowest BCUT2D eigenvalue weighted by Gasteiger charge is -2.26. The molecule has 0 spiro atoms. The Kier molecular flexibility index (Phi) is 2.79. The Balaban J connectivity index is 1.35. The summed E-state index contributed by atoms with van der Waals surface area (Å²) >= 11 is 0. The summed E-state index contributed by atoms with van der Waals surface area (Å²) in [5.41, 5.74) is -11.4. The summed E-state index contributed by atoms with van der Waals surface area (Å²) in [4.78, 5) is 0.375. The first-order valence-electron chi connectivity index (χ1n) is 31.7. The molecule has 0 aliphatic carbocycles. The molecule has 0 fully saturated rings. The highest BCUT2D eigenvalue weighted by molar-refractivity contribution is 6.22. The number of anilines is 3. The zero-order chi connectivity index (χ0) is 63.4. The van der Waals surface area contributed by atoms with Crippen LogP contribution in [-0.2, 0) is 0 Å². The molecule has 8 aromatic carbocycles. The van der Waals surface area contributed by atoms with Gasteiger partial charge >= 0.3 is 0 Å². The first-order valence-corrected chi connectivity index (χ1v) is 15.7. The second kappa shape index (κ2) is 12.1. The lowest BCUT2D eigenvalue weighted by Crippen LogP contribution is -2.10. The molecule has 0 bridgehead atoms. The van der Waals surface area contributed by atoms with Gasteiger partial charge in [-0.15, -0.1) is 0 Å². The van der Waals surface area contributed by atoms with Crippen LogP contribution in [0, 0.1) is 0 Å². The van der Waals surface area contributed by atoms with Crippen LogP contribution in [0.3, 0.4) is 0 Å². The van der Waals surface area contributed by atoms with Crippen LogP contribution in [0.15, 0.2) is 202 Å². The predicted octanol–water partition coefficient (Wildman–Crippen LogP) is 14.2. The molecule has 54 heavy (non-hydrogen) atoms. The molecule has 4 nitrogen and oxygen atoms in total. The molecule has 0 aliphatic heterocycles. The second-order valence-electron chi connectivity index (χ2n) is 11.3. The number of para-hydroxylation sites is 5. The van der Waals surface area contributed by atoms with Gasteiger partial charge in [0, 0.05) is 44.2 Å². The Hall–Kier alpha value is -7.30. The third-order valence-electron chi connectivity index (χ3n) is 8.36. The van der Waals surface area contributed by atoms with E-state index in [0.717, 1.165) is 0 Å². The fraction of sp³-hybridized carbons (Fsp3) is 0. The third kappa shape index (κ3) is 4.70. The number of hydrogen-bond acceptors (Lipinski definition) is 3. The van der Waals surface area contributed by atoms with Gasteiger partial charge in [0.25, 0.3) is 0 Å². The van der Waals surface area contributed by atoms with Gasteiger partial charge in [0.2, 0.25) is 5.71 Å². The molecular weight excluding hydrogens is 661 g/mol. The highest BCUT2D eigenvalue weighted by Gasteiger charge is 2.23. The fourth-order valence-corrected chi connectivity index (χ4v) is 6.12. The van der Waals surface area contributed by atoms with Gasteiger partial charge in [0.05, 0.1) is 60.5 Å². The molecule has 4 heteroatoms. The van der Waals surface area contributed by atoms with Gasteiger partial charge < -0.3 is 13.7 Å². The molecule has 0 saturated carbocycles. The number of benzene rings is 8. The van der Waals surface area contributed by atoms with Crippen LogP contribution in [0.2, 0.25) is 0 Å². The van der Waals surface area contributed by atoms with E-state index in [0.29, 0.717) is 9.47 Å². The maximum atomic E-state index is 9.90. The van der Waals surface area contributed by atoms with Crippen molar-refractivity contribution in [1.82, 2.24) is 4.57 Å². The van der Waals surface area contributed by atoms with Crippen molar-refractivity contribution in [3.8, 4) is 27.9 Å². The number of aromatic nitrogens is 1. The molecule has 0 unspecified atom stereocenters. The standard InChI is InChI=1S/C50H32N2O2/c1-3-13-33(14-4-1)34-25-29-37(30-26-34)51(44-22-12-20-41-40-17-7-9-23-45(40)53-49(41)44)38-31-27-35(28-32-38)39-19-11-21-43-47-42-18-8-10-24-46(42)54-50(47)52(48(39)43)36-15-5-2-6-16-36/h1-32H/i1D,2D,3D,4D,5D,6D,7D,8D,9D,10D,11D,12D,13D,14D,15D,16D,17D,18D,19D,20D,21D,22D,23D,24D,25D,26D,27D,28D,29D,30D,31D,32D. The van der Waals surface area contributed by atoms with Gasteiger partial charge in [0.15, 0.2) is 5.58 Å². The summed E-state index contributed by atoms with van der Waals surface area (Å²) < 4.78 is 301. The van der Waals surface area contributed by atoms with Gasteiger partial charge in [-0.1, -0.05) is 139 Å². The Morgan fingerprint density at radius 2 is 0.981 bits per heavy atom. The molecular formula is C50H32N2O2. The Morgan fingerprint density at radius 3 is 1.72 bits per heavy atom. The van der Waals surface area contributed by atoms with Crippen LogP contribution in [0.25, 0.3) is 82.9 Å². The van der Waals surface area contributed by atoms with Crippen LogP contribution in [0.1, 0.15) is 43.9 Å². The summed E-state index contributed by atoms with van der Waals surface area (Å²) in [6.45, 7) is 0. The summed E-state index contributed by atoms with van der Waals surface area (Å²) in [7, 11) is 0. The average Bonchev–Trinajstić information content (AvgIpc) is 1.48. The smallest absolute Gasteiger partial charge is 0.213 e. The number of rotatable bonds is 6. The van der Waals surface area contributed by atoms with Crippen molar-refractivity contribution in [3.63, 3.8) is 0 Å². The van der Waals surface area contributed by atoms with Crippen LogP contribution in [0.4, 0.5) is 17.1 Å². The molecule has 0 radical (unpaired) electrons. The van der Waals surface area contributed by atoms with E-state index >= 15 is 0 Å². The quantitative estimate of drug-likeness (QED) is 0.171. The van der Waals surface area contributed by atoms with Crippen molar-refractivity contribution in [1.29, 1.82) is 0 Å². The lowest BCUT2D eigenvalue weighted by atomic mass is 10.0. The van der Waals surface area contributed by atoms with E-state index in [1.807, 2.05) is 0 Å². The van der Waals surface area contributed by atoms with Crippen LogP contribution in [0.5, 0.6) is 0 Å². The van der Waals surface area contributed by atoms with Crippen molar-refractivity contribution in [3.05, 3.63) is 193 Å². The van der Waals surface area contributed by atoms with Gasteiger partial charge in [-0.2, -0.15) is 0 Å². The molecule has 0 saturated heterocycles. The van der Waals surface area contributed by atoms with Crippen LogP contribution < -0.4 is 4.90 Å². The van der Waals surface area contributed by atoms with E-state index < -0.39 is 293 Å². The monoisotopic (exact) mass is 724 g/mol. The van der Waals surface area contributed by atoms with Crippen molar-refractivity contribution in [2.24, 2.45) is 0 Å². The Morgan fingerprint density at radius 1 is 0.426 bits per heavy atom. The summed E-state index contributed by atoms with van der Waals surface area (Å²) in [5.74, 6) is 0. The van der Waals surface area contributed by atoms with E-state index in [2.05, 4.69) is 0 Å². The number of nitrogens with zero attached hydrogens (tertiary/aromatic N) is 2. The molecule has 11 rings (SSSR count). The Labute approximate surface area is 356 Å². The average molecular weight is 725 g/mol. The first-order chi connectivity index (χ1) is 40.1. The SMILES string of the molecule is [2H]c1c([2H])c([2H])c(-c2c([2H])c([2H])c(N(c3c([2H])c([2H])c(-c4c([2H])c([2H])c([2H])c5c6c7c([2H])c([2H])c([2H])c([2H])c7oc6n(-c6c([2H])c([2H])c([2H])c([2H])c6[2H])c45)c([2H])c3[2H])c3c([2H])c([2H])c([2H])c4c3oc3c([2H])c([2H])c([2H])c([2H])c34)c([2H])c2[2H])c([2H])c1[2H]. The maximum absolute atomic E-state index is 9.90. The topological polar surface area (TPSA) is 34.5 Å². The number of fused-ring (bicyclic) bond motifs is 8. The maximum Gasteiger partial charge on any atom is 0.213 e. The highest BCUT2D eigenvalue weighted by atomic mass is 16.3. The normalized spacial score (nSPS) is 20.0. The molecule has 3 heterocycles. The van der Waals surface area contributed by atoms with Gasteiger partial charge in [-0.25, -0.2) is 0 Å². The van der Waals surface area contributed by atoms with Crippen molar-refractivity contribution < 1.29 is 52.7 Å². The minimum atomic E-state index is -1.33. The minimum Gasteiger partial charge on any atom is -0.454 e. The van der Waals surface area contributed by atoms with E-state index in [-0.39, 0.29) is 0 Å². The molecule has 3 aromatic heterocycles. The van der Waals surface area contributed by atoms with Crippen LogP contribution in [-0.4, -0.2) is 4.57 Å². The van der Waals surface area contributed by atoms with E-state index in [1.165, 1.54) is 0 Å². The summed E-state index contributed by atoms with van der Waals surface area (Å²) in [6, 6.07) is -32.8. The van der Waals surface area contributed by atoms with Crippen molar-refractivity contribution in [2.45, 2.75) is 0 Å². The zero-order valence-electron chi connectivity index (χ0n) is 58.7. The second-order valence-corrected chi connectivity index (χ2v) is 11.3. The van der Waals surface area contributed by atoms with Gasteiger partial charge in [-0.3, -0.25) is 4.57 Å². The molecule has 11 aromatic rings. The fourth-order valence-electron chi connectivity index (χ4n) is 6.12. The van der Waals surface area contributed by atoms with Crippen molar-refractivity contribution in [2.75, 3.05) is 4.90 Å². The van der Waals surface area contributed by atoms with Gasteiger partial charge in [0.1, 0.15) is 11.2 Å². The lowest BCUT2D eigenvalue weighted by molar-refractivity contribution is 0.645. The van der Waals surface area contributed by atoms with E-state index in [9.17, 15) is 16.4 Å². The predicted molar refractivity (Wildman–Crippen MR) is 223 cm³/mol. The number of hydrogen-bond donors (Lipinski definition) is 0. The van der Waals surface area contributed by atoms with E-state index in [1.54, 1.807) is 0 Å². The third-order valence-corrected chi connectivity index (χ3v) is 8.36. The van der Waals surface area contributed by atoms with E-state index in [4.69, 9.17) is 36.2 Å². The first kappa shape index (κ1) is 12.4. The zero-order valence-corrected chi connectivity index (χ0v) is 26.7. The van der Waals surface area contributed by atoms with Crippen LogP contribution >= 0.6 is 0 Å². The largest absolute Gasteiger partial charge is 0.454 e. The molecule has 254 valence electrons. The minimum absolute atomic E-state index is 0.375. The molecule has 0 amide bonds. The molecule has 0 aliphatic rings.